The van der Waals surface area contributed by atoms with Crippen molar-refractivity contribution in [1.29, 1.82) is 0 Å². The molecule has 1 heteroatoms. The summed E-state index contributed by atoms with van der Waals surface area (Å²) in [6, 6.07) is 0. The molecule has 2 atom stereocenters. The summed E-state index contributed by atoms with van der Waals surface area (Å²) in [6.45, 7) is 15.1. The van der Waals surface area contributed by atoms with Crippen molar-refractivity contribution < 1.29 is 0 Å². The molecule has 0 aromatic rings. The molecule has 0 spiro atoms. The van der Waals surface area contributed by atoms with Crippen molar-refractivity contribution >= 4 is 0 Å². The Bertz CT molecular complexity index is 217. The van der Waals surface area contributed by atoms with E-state index in [4.69, 9.17) is 0 Å². The highest BCUT2D eigenvalue weighted by molar-refractivity contribution is 5.13. The van der Waals surface area contributed by atoms with Crippen LogP contribution in [-0.2, 0) is 0 Å². The maximum Gasteiger partial charge on any atom is 0.0456 e. The minimum absolute atomic E-state index is 0.322. The first-order chi connectivity index (χ1) is 6.44. The largest absolute Gasteiger partial charge is 0.372 e. The summed E-state index contributed by atoms with van der Waals surface area (Å²) in [7, 11) is 0. The van der Waals surface area contributed by atoms with Crippen molar-refractivity contribution in [2.24, 2.45) is 17.8 Å². The van der Waals surface area contributed by atoms with E-state index in [1.165, 1.54) is 0 Å². The van der Waals surface area contributed by atoms with Gasteiger partial charge in [0.25, 0.3) is 0 Å². The van der Waals surface area contributed by atoms with E-state index in [1.54, 1.807) is 0 Å². The molecule has 0 aromatic heterocycles. The predicted molar refractivity (Wildman–Crippen MR) is 63.1 cm³/mol. The molecule has 0 saturated heterocycles. The van der Waals surface area contributed by atoms with Crippen molar-refractivity contribution in [3.05, 3.63) is 12.3 Å². The van der Waals surface area contributed by atoms with Gasteiger partial charge < -0.3 is 4.90 Å². The van der Waals surface area contributed by atoms with Gasteiger partial charge in [-0.25, -0.2) is 0 Å². The highest BCUT2D eigenvalue weighted by atomic mass is 15.2. The fourth-order valence-electron chi connectivity index (χ4n) is 2.80. The molecular formula is C13H25N. The van der Waals surface area contributed by atoms with Gasteiger partial charge in [0.2, 0.25) is 0 Å². The first kappa shape index (κ1) is 11.6. The molecular weight excluding hydrogens is 170 g/mol. The van der Waals surface area contributed by atoms with Crippen LogP contribution < -0.4 is 0 Å². The van der Waals surface area contributed by atoms with E-state index in [0.29, 0.717) is 17.4 Å². The third kappa shape index (κ3) is 1.57. The van der Waals surface area contributed by atoms with Crippen molar-refractivity contribution in [2.45, 2.75) is 47.1 Å². The van der Waals surface area contributed by atoms with Gasteiger partial charge in [0.05, 0.1) is 0 Å². The zero-order valence-corrected chi connectivity index (χ0v) is 10.5. The summed E-state index contributed by atoms with van der Waals surface area (Å²) in [5.74, 6) is 2.13. The van der Waals surface area contributed by atoms with Crippen LogP contribution in [0, 0.1) is 17.8 Å². The molecule has 0 saturated carbocycles. The molecule has 1 aliphatic heterocycles. The second-order valence-electron chi connectivity index (χ2n) is 5.28. The molecule has 1 rings (SSSR count). The zero-order valence-electron chi connectivity index (χ0n) is 10.5. The summed E-state index contributed by atoms with van der Waals surface area (Å²) in [6.07, 6.45) is 4.69. The van der Waals surface area contributed by atoms with Crippen LogP contribution in [0.2, 0.25) is 0 Å². The Kier molecular flexibility index (Phi) is 3.28. The van der Waals surface area contributed by atoms with Gasteiger partial charge in [0, 0.05) is 18.0 Å². The van der Waals surface area contributed by atoms with Crippen LogP contribution in [0.3, 0.4) is 0 Å². The summed E-state index contributed by atoms with van der Waals surface area (Å²) in [5.41, 5.74) is 0.322. The van der Waals surface area contributed by atoms with E-state index in [2.05, 4.69) is 58.7 Å². The van der Waals surface area contributed by atoms with Crippen molar-refractivity contribution in [1.82, 2.24) is 4.90 Å². The lowest BCUT2D eigenvalue weighted by Gasteiger charge is -2.45. The highest BCUT2D eigenvalue weighted by Gasteiger charge is 2.43. The van der Waals surface area contributed by atoms with Gasteiger partial charge in [-0.05, 0) is 31.9 Å². The topological polar surface area (TPSA) is 3.24 Å². The lowest BCUT2D eigenvalue weighted by Crippen LogP contribution is -2.50. The van der Waals surface area contributed by atoms with E-state index >= 15 is 0 Å². The Hall–Kier alpha value is -0.460. The van der Waals surface area contributed by atoms with Crippen LogP contribution >= 0.6 is 0 Å². The molecule has 0 fully saturated rings. The smallest absolute Gasteiger partial charge is 0.0456 e. The van der Waals surface area contributed by atoms with Gasteiger partial charge in [-0.3, -0.25) is 0 Å². The fourth-order valence-corrected chi connectivity index (χ4v) is 2.80. The zero-order chi connectivity index (χ0) is 10.9. The average Bonchev–Trinajstić information content (AvgIpc) is 2.43. The third-order valence-corrected chi connectivity index (χ3v) is 3.99. The van der Waals surface area contributed by atoms with E-state index in [-0.39, 0.29) is 0 Å². The molecule has 0 aromatic carbocycles. The lowest BCUT2D eigenvalue weighted by atomic mass is 9.72. The average molecular weight is 195 g/mol. The SMILES string of the molecule is CCN1C=CC(C(C)C)[C@]1(C)C(C)C. The van der Waals surface area contributed by atoms with Crippen molar-refractivity contribution in [3.8, 4) is 0 Å². The standard InChI is InChI=1S/C13H25N/c1-7-14-9-8-12(10(2)3)13(14,6)11(4)5/h8-12H,7H2,1-6H3/t12?,13-/m0/s1. The van der Waals surface area contributed by atoms with Gasteiger partial charge >= 0.3 is 0 Å². The van der Waals surface area contributed by atoms with E-state index in [0.717, 1.165) is 12.5 Å². The molecule has 0 bridgehead atoms. The van der Waals surface area contributed by atoms with Crippen molar-refractivity contribution in [2.75, 3.05) is 6.54 Å². The maximum atomic E-state index is 2.50. The first-order valence-corrected chi connectivity index (χ1v) is 5.89. The highest BCUT2D eigenvalue weighted by Crippen LogP contribution is 2.41. The van der Waals surface area contributed by atoms with Gasteiger partial charge in [-0.2, -0.15) is 0 Å². The molecule has 82 valence electrons. The Labute approximate surface area is 89.2 Å². The normalized spacial score (nSPS) is 32.3. The molecule has 1 heterocycles. The number of hydrogen-bond donors (Lipinski definition) is 0. The van der Waals surface area contributed by atoms with Crippen LogP contribution in [0.5, 0.6) is 0 Å². The molecule has 0 aliphatic carbocycles. The van der Waals surface area contributed by atoms with Crippen LogP contribution in [0.1, 0.15) is 41.5 Å². The Morgan fingerprint density at radius 2 is 1.86 bits per heavy atom. The number of nitrogens with zero attached hydrogens (tertiary/aromatic N) is 1. The summed E-state index contributed by atoms with van der Waals surface area (Å²) >= 11 is 0. The van der Waals surface area contributed by atoms with Gasteiger partial charge in [-0.15, -0.1) is 0 Å². The molecule has 14 heavy (non-hydrogen) atoms. The molecule has 1 nitrogen and oxygen atoms in total. The second-order valence-corrected chi connectivity index (χ2v) is 5.28. The quantitative estimate of drug-likeness (QED) is 0.666. The van der Waals surface area contributed by atoms with Gasteiger partial charge in [0.1, 0.15) is 0 Å². The summed E-state index contributed by atoms with van der Waals surface area (Å²) in [4.78, 5) is 2.50. The van der Waals surface area contributed by atoms with Gasteiger partial charge in [-0.1, -0.05) is 33.8 Å². The second kappa shape index (κ2) is 3.96. The third-order valence-electron chi connectivity index (χ3n) is 3.99. The summed E-state index contributed by atoms with van der Waals surface area (Å²) < 4.78 is 0. The van der Waals surface area contributed by atoms with Crippen LogP contribution in [0.25, 0.3) is 0 Å². The molecule has 0 radical (unpaired) electrons. The van der Waals surface area contributed by atoms with E-state index < -0.39 is 0 Å². The Morgan fingerprint density at radius 3 is 2.21 bits per heavy atom. The van der Waals surface area contributed by atoms with Crippen LogP contribution in [-0.4, -0.2) is 17.0 Å². The number of hydrogen-bond acceptors (Lipinski definition) is 1. The fraction of sp³-hybridized carbons (Fsp3) is 0.846. The van der Waals surface area contributed by atoms with Crippen molar-refractivity contribution in [3.63, 3.8) is 0 Å². The maximum absolute atomic E-state index is 2.50. The summed E-state index contributed by atoms with van der Waals surface area (Å²) in [5, 5.41) is 0. The predicted octanol–water partition coefficient (Wildman–Crippen LogP) is 3.52. The minimum atomic E-state index is 0.322. The first-order valence-electron chi connectivity index (χ1n) is 5.89. The number of rotatable bonds is 3. The molecule has 1 aliphatic rings. The molecule has 0 N–H and O–H groups in total. The van der Waals surface area contributed by atoms with Crippen LogP contribution in [0.4, 0.5) is 0 Å². The molecule has 1 unspecified atom stereocenters. The van der Waals surface area contributed by atoms with E-state index in [1.807, 2.05) is 0 Å². The Balaban J connectivity index is 2.95. The Morgan fingerprint density at radius 1 is 1.29 bits per heavy atom. The monoisotopic (exact) mass is 195 g/mol. The van der Waals surface area contributed by atoms with Gasteiger partial charge in [0.15, 0.2) is 0 Å². The lowest BCUT2D eigenvalue weighted by molar-refractivity contribution is 0.0711. The minimum Gasteiger partial charge on any atom is -0.372 e. The van der Waals surface area contributed by atoms with E-state index in [9.17, 15) is 0 Å². The van der Waals surface area contributed by atoms with Crippen LogP contribution in [0.15, 0.2) is 12.3 Å². The molecule has 0 amide bonds.